The van der Waals surface area contributed by atoms with Gasteiger partial charge in [0.15, 0.2) is 6.10 Å². The number of hydrogen-bond donors (Lipinski definition) is 1. The van der Waals surface area contributed by atoms with Crippen LogP contribution >= 0.6 is 0 Å². The van der Waals surface area contributed by atoms with E-state index in [2.05, 4.69) is 62.5 Å². The molecule has 0 bridgehead atoms. The van der Waals surface area contributed by atoms with E-state index in [0.29, 0.717) is 12.8 Å². The van der Waals surface area contributed by atoms with E-state index >= 15 is 0 Å². The first kappa shape index (κ1) is 39.9. The van der Waals surface area contributed by atoms with Gasteiger partial charge in [0.2, 0.25) is 0 Å². The van der Waals surface area contributed by atoms with Gasteiger partial charge in [0, 0.05) is 12.8 Å². The van der Waals surface area contributed by atoms with Crippen LogP contribution in [0.25, 0.3) is 0 Å². The van der Waals surface area contributed by atoms with Crippen LogP contribution < -0.4 is 0 Å². The summed E-state index contributed by atoms with van der Waals surface area (Å²) in [6.07, 6.45) is 40.2. The predicted octanol–water partition coefficient (Wildman–Crippen LogP) is 10.3. The lowest BCUT2D eigenvalue weighted by molar-refractivity contribution is -0.161. The molecule has 5 nitrogen and oxygen atoms in total. The Balaban J connectivity index is 3.68. The lowest BCUT2D eigenvalue weighted by Crippen LogP contribution is -2.28. The molecule has 0 aromatic heterocycles. The Morgan fingerprint density at radius 3 is 1.48 bits per heavy atom. The van der Waals surface area contributed by atoms with Gasteiger partial charge in [0.25, 0.3) is 0 Å². The Morgan fingerprint density at radius 1 is 0.548 bits per heavy atom. The fraction of sp³-hybridized carbons (Fsp3) is 0.730. The number of unbranched alkanes of at least 4 members (excludes halogenated alkanes) is 14. The molecular weight excluding hydrogens is 524 g/mol. The van der Waals surface area contributed by atoms with Crippen LogP contribution in [0.4, 0.5) is 0 Å². The van der Waals surface area contributed by atoms with Crippen molar-refractivity contribution in [3.8, 4) is 0 Å². The van der Waals surface area contributed by atoms with Crippen LogP contribution in [0.3, 0.4) is 0 Å². The van der Waals surface area contributed by atoms with Crippen molar-refractivity contribution in [2.75, 3.05) is 13.2 Å². The van der Waals surface area contributed by atoms with E-state index in [-0.39, 0.29) is 25.2 Å². The summed E-state index contributed by atoms with van der Waals surface area (Å²) in [5.41, 5.74) is 0. The van der Waals surface area contributed by atoms with Crippen LogP contribution in [0, 0.1) is 0 Å². The van der Waals surface area contributed by atoms with Crippen molar-refractivity contribution in [3.05, 3.63) is 48.6 Å². The van der Waals surface area contributed by atoms with E-state index in [0.717, 1.165) is 64.2 Å². The second-order valence-electron chi connectivity index (χ2n) is 11.2. The number of esters is 2. The highest BCUT2D eigenvalue weighted by Gasteiger charge is 2.16. The molecule has 0 heterocycles. The quantitative estimate of drug-likeness (QED) is 0.0513. The van der Waals surface area contributed by atoms with Gasteiger partial charge in [0.1, 0.15) is 6.61 Å². The maximum absolute atomic E-state index is 12.1. The van der Waals surface area contributed by atoms with E-state index in [1.54, 1.807) is 0 Å². The molecule has 0 aliphatic rings. The lowest BCUT2D eigenvalue weighted by Gasteiger charge is -2.15. The number of hydrogen-bond acceptors (Lipinski definition) is 5. The smallest absolute Gasteiger partial charge is 0.306 e. The molecule has 42 heavy (non-hydrogen) atoms. The number of rotatable bonds is 30. The first-order chi connectivity index (χ1) is 20.6. The van der Waals surface area contributed by atoms with Crippen LogP contribution in [0.15, 0.2) is 48.6 Å². The van der Waals surface area contributed by atoms with Crippen molar-refractivity contribution < 1.29 is 24.2 Å². The summed E-state index contributed by atoms with van der Waals surface area (Å²) in [6, 6.07) is 0. The summed E-state index contributed by atoms with van der Waals surface area (Å²) < 4.78 is 10.5. The molecule has 0 amide bonds. The summed E-state index contributed by atoms with van der Waals surface area (Å²) in [4.78, 5) is 24.0. The molecule has 0 saturated carbocycles. The van der Waals surface area contributed by atoms with Crippen LogP contribution in [0.2, 0.25) is 0 Å². The molecule has 0 spiro atoms. The number of ether oxygens (including phenoxy) is 2. The highest BCUT2D eigenvalue weighted by molar-refractivity contribution is 5.70. The Morgan fingerprint density at radius 2 is 0.952 bits per heavy atom. The molecule has 1 atom stereocenters. The van der Waals surface area contributed by atoms with Gasteiger partial charge in [-0.05, 0) is 57.8 Å². The van der Waals surface area contributed by atoms with Crippen LogP contribution in [-0.2, 0) is 19.1 Å². The van der Waals surface area contributed by atoms with Gasteiger partial charge < -0.3 is 14.6 Å². The SMILES string of the molecule is CCCCC/C=C\C/C=C\C/C=C\C/C=C\CCCCCC(=O)O[C@@H](CO)COC(=O)CCCCCCCCCCC. The van der Waals surface area contributed by atoms with Gasteiger partial charge >= 0.3 is 11.9 Å². The first-order valence-corrected chi connectivity index (χ1v) is 17.2. The van der Waals surface area contributed by atoms with Crippen LogP contribution in [-0.4, -0.2) is 36.4 Å². The van der Waals surface area contributed by atoms with Crippen molar-refractivity contribution in [1.82, 2.24) is 0 Å². The van der Waals surface area contributed by atoms with Crippen LogP contribution in [0.1, 0.15) is 155 Å². The second kappa shape index (κ2) is 33.4. The van der Waals surface area contributed by atoms with Crippen molar-refractivity contribution in [1.29, 1.82) is 0 Å². The summed E-state index contributed by atoms with van der Waals surface area (Å²) in [7, 11) is 0. The number of carbonyl (C=O) groups excluding carboxylic acids is 2. The zero-order valence-electron chi connectivity index (χ0n) is 27.2. The highest BCUT2D eigenvalue weighted by atomic mass is 16.6. The van der Waals surface area contributed by atoms with E-state index in [1.807, 2.05) is 0 Å². The average molecular weight is 589 g/mol. The summed E-state index contributed by atoms with van der Waals surface area (Å²) in [5, 5.41) is 9.49. The number of allylic oxidation sites excluding steroid dienone is 8. The zero-order valence-corrected chi connectivity index (χ0v) is 27.2. The number of aliphatic hydroxyl groups excluding tert-OH is 1. The highest BCUT2D eigenvalue weighted by Crippen LogP contribution is 2.11. The second-order valence-corrected chi connectivity index (χ2v) is 11.2. The maximum atomic E-state index is 12.1. The molecule has 0 fully saturated rings. The topological polar surface area (TPSA) is 72.8 Å². The molecule has 0 aromatic rings. The zero-order chi connectivity index (χ0) is 30.8. The third kappa shape index (κ3) is 30.8. The molecule has 1 N–H and O–H groups in total. The summed E-state index contributed by atoms with van der Waals surface area (Å²) >= 11 is 0. The molecular formula is C37H64O5. The predicted molar refractivity (Wildman–Crippen MR) is 177 cm³/mol. The van der Waals surface area contributed by atoms with E-state index in [1.165, 1.54) is 64.2 Å². The standard InChI is InChI=1S/C37H64O5/c1-3-5-7-9-11-13-14-15-16-17-18-19-20-21-22-24-26-28-30-32-37(40)42-35(33-38)34-41-36(39)31-29-27-25-23-12-10-8-6-4-2/h11,13,15-16,18-19,21-22,35,38H,3-10,12,14,17,20,23-34H2,1-2H3/b13-11-,16-15-,19-18-,22-21-/t35-/m0/s1. The van der Waals surface area contributed by atoms with E-state index < -0.39 is 6.10 Å². The minimum atomic E-state index is -0.784. The van der Waals surface area contributed by atoms with Crippen molar-refractivity contribution in [2.24, 2.45) is 0 Å². The van der Waals surface area contributed by atoms with Gasteiger partial charge in [0.05, 0.1) is 6.61 Å². The fourth-order valence-electron chi connectivity index (χ4n) is 4.48. The van der Waals surface area contributed by atoms with E-state index in [9.17, 15) is 14.7 Å². The Labute approximate surface area is 258 Å². The third-order valence-corrected chi connectivity index (χ3v) is 7.13. The van der Waals surface area contributed by atoms with E-state index in [4.69, 9.17) is 9.47 Å². The van der Waals surface area contributed by atoms with Crippen molar-refractivity contribution >= 4 is 11.9 Å². The van der Waals surface area contributed by atoms with Gasteiger partial charge in [-0.25, -0.2) is 0 Å². The summed E-state index contributed by atoms with van der Waals surface area (Å²) in [6.45, 7) is 4.04. The van der Waals surface area contributed by atoms with Gasteiger partial charge in [-0.3, -0.25) is 9.59 Å². The number of carbonyl (C=O) groups is 2. The average Bonchev–Trinajstić information content (AvgIpc) is 2.99. The lowest BCUT2D eigenvalue weighted by atomic mass is 10.1. The van der Waals surface area contributed by atoms with Crippen LogP contribution in [0.5, 0.6) is 0 Å². The van der Waals surface area contributed by atoms with Gasteiger partial charge in [-0.2, -0.15) is 0 Å². The molecule has 0 radical (unpaired) electrons. The third-order valence-electron chi connectivity index (χ3n) is 7.13. The van der Waals surface area contributed by atoms with Crippen molar-refractivity contribution in [3.63, 3.8) is 0 Å². The fourth-order valence-corrected chi connectivity index (χ4v) is 4.48. The molecule has 0 rings (SSSR count). The van der Waals surface area contributed by atoms with Gasteiger partial charge in [-0.1, -0.05) is 133 Å². The molecule has 5 heteroatoms. The molecule has 242 valence electrons. The minimum absolute atomic E-state index is 0.0788. The molecule has 0 aliphatic heterocycles. The normalized spacial score (nSPS) is 12.7. The molecule has 0 aromatic carbocycles. The van der Waals surface area contributed by atoms with Gasteiger partial charge in [-0.15, -0.1) is 0 Å². The Hall–Kier alpha value is -2.14. The minimum Gasteiger partial charge on any atom is -0.462 e. The Kier molecular flexibility index (Phi) is 31.7. The molecule has 0 aliphatic carbocycles. The molecule has 0 saturated heterocycles. The number of aliphatic hydroxyl groups is 1. The first-order valence-electron chi connectivity index (χ1n) is 17.2. The maximum Gasteiger partial charge on any atom is 0.306 e. The van der Waals surface area contributed by atoms with Crippen molar-refractivity contribution in [2.45, 2.75) is 161 Å². The summed E-state index contributed by atoms with van der Waals surface area (Å²) in [5.74, 6) is -0.633. The molecule has 0 unspecified atom stereocenters. The monoisotopic (exact) mass is 588 g/mol. The Bertz CT molecular complexity index is 722. The largest absolute Gasteiger partial charge is 0.462 e.